The lowest BCUT2D eigenvalue weighted by Gasteiger charge is -2.21. The molecule has 0 fully saturated rings. The zero-order valence-electron chi connectivity index (χ0n) is 12.8. The van der Waals surface area contributed by atoms with Crippen LogP contribution in [0, 0.1) is 6.92 Å². The molecule has 0 radical (unpaired) electrons. The third kappa shape index (κ3) is 4.08. The first-order chi connectivity index (χ1) is 9.51. The topological polar surface area (TPSA) is 67.2 Å². The van der Waals surface area contributed by atoms with Crippen LogP contribution >= 0.6 is 0 Å². The second-order valence-electron chi connectivity index (χ2n) is 4.84. The van der Waals surface area contributed by atoms with Crippen molar-refractivity contribution in [3.05, 3.63) is 17.5 Å². The number of hydrogen-bond donors (Lipinski definition) is 1. The maximum Gasteiger partial charge on any atom is 0.257 e. The molecule has 0 aromatic carbocycles. The molecule has 0 saturated carbocycles. The predicted molar refractivity (Wildman–Crippen MR) is 77.4 cm³/mol. The van der Waals surface area contributed by atoms with Gasteiger partial charge < -0.3 is 10.2 Å². The molecule has 1 aromatic heterocycles. The average Bonchev–Trinajstić information content (AvgIpc) is 2.75. The van der Waals surface area contributed by atoms with E-state index in [9.17, 15) is 9.59 Å². The number of nitrogens with zero attached hydrogens (tertiary/aromatic N) is 3. The Morgan fingerprint density at radius 1 is 1.35 bits per heavy atom. The van der Waals surface area contributed by atoms with Crippen LogP contribution in [0.15, 0.2) is 6.20 Å². The van der Waals surface area contributed by atoms with Crippen LogP contribution in [0.1, 0.15) is 42.7 Å². The number of carbonyl (C=O) groups is 2. The van der Waals surface area contributed by atoms with E-state index in [-0.39, 0.29) is 18.4 Å². The van der Waals surface area contributed by atoms with Gasteiger partial charge in [-0.15, -0.1) is 0 Å². The minimum Gasteiger partial charge on any atom is -0.355 e. The van der Waals surface area contributed by atoms with Crippen LogP contribution in [0.25, 0.3) is 0 Å². The van der Waals surface area contributed by atoms with Crippen molar-refractivity contribution in [1.82, 2.24) is 20.0 Å². The number of amides is 2. The molecule has 1 rings (SSSR count). The van der Waals surface area contributed by atoms with Crippen molar-refractivity contribution in [3.63, 3.8) is 0 Å². The summed E-state index contributed by atoms with van der Waals surface area (Å²) in [6, 6.07) is 0. The molecule has 0 aliphatic rings. The van der Waals surface area contributed by atoms with Gasteiger partial charge in [0.2, 0.25) is 5.91 Å². The highest BCUT2D eigenvalue weighted by atomic mass is 16.2. The molecule has 0 unspecified atom stereocenters. The second-order valence-corrected chi connectivity index (χ2v) is 4.84. The molecule has 2 amide bonds. The normalized spacial score (nSPS) is 10.4. The molecule has 0 bridgehead atoms. The highest BCUT2D eigenvalue weighted by Gasteiger charge is 2.21. The molecule has 112 valence electrons. The number of carbonyl (C=O) groups excluding carboxylic acids is 2. The Balaban J connectivity index is 2.77. The maximum absolute atomic E-state index is 12.5. The van der Waals surface area contributed by atoms with Crippen molar-refractivity contribution in [2.75, 3.05) is 19.6 Å². The van der Waals surface area contributed by atoms with Crippen molar-refractivity contribution < 1.29 is 9.59 Å². The molecule has 6 nitrogen and oxygen atoms in total. The smallest absolute Gasteiger partial charge is 0.257 e. The third-order valence-electron chi connectivity index (χ3n) is 3.15. The van der Waals surface area contributed by atoms with Crippen LogP contribution < -0.4 is 5.32 Å². The number of rotatable bonds is 7. The monoisotopic (exact) mass is 280 g/mol. The summed E-state index contributed by atoms with van der Waals surface area (Å²) in [4.78, 5) is 25.8. The van der Waals surface area contributed by atoms with Gasteiger partial charge in [0.1, 0.15) is 0 Å². The Morgan fingerprint density at radius 2 is 2.05 bits per heavy atom. The van der Waals surface area contributed by atoms with E-state index in [1.54, 1.807) is 22.8 Å². The van der Waals surface area contributed by atoms with Crippen molar-refractivity contribution >= 4 is 11.8 Å². The summed E-state index contributed by atoms with van der Waals surface area (Å²) in [7, 11) is 1.80. The molecule has 0 atom stereocenters. The maximum atomic E-state index is 12.5. The van der Waals surface area contributed by atoms with Crippen molar-refractivity contribution in [2.24, 2.45) is 7.05 Å². The molecule has 20 heavy (non-hydrogen) atoms. The standard InChI is InChI=1S/C14H24N4O2/c1-5-7-15-13(19)10-18(8-6-2)14(20)12-9-16-17(4)11(12)3/h9H,5-8,10H2,1-4H3,(H,15,19). The molecule has 1 heterocycles. The minimum atomic E-state index is -0.135. The molecule has 0 saturated heterocycles. The SMILES string of the molecule is CCCNC(=O)CN(CCC)C(=O)c1cnn(C)c1C. The molecule has 6 heteroatoms. The fourth-order valence-electron chi connectivity index (χ4n) is 1.89. The van der Waals surface area contributed by atoms with Gasteiger partial charge in [-0.05, 0) is 19.8 Å². The Bertz CT molecular complexity index is 468. The number of nitrogens with one attached hydrogen (secondary N) is 1. The first kappa shape index (κ1) is 16.2. The molecule has 0 spiro atoms. The lowest BCUT2D eigenvalue weighted by atomic mass is 10.2. The van der Waals surface area contributed by atoms with Gasteiger partial charge in [0.05, 0.1) is 18.3 Å². The number of aryl methyl sites for hydroxylation is 1. The summed E-state index contributed by atoms with van der Waals surface area (Å²) in [6.07, 6.45) is 3.26. The van der Waals surface area contributed by atoms with Gasteiger partial charge in [0.25, 0.3) is 5.91 Å². The summed E-state index contributed by atoms with van der Waals surface area (Å²) in [5.41, 5.74) is 1.37. The second kappa shape index (κ2) is 7.67. The third-order valence-corrected chi connectivity index (χ3v) is 3.15. The summed E-state index contributed by atoms with van der Waals surface area (Å²) < 4.78 is 1.66. The van der Waals surface area contributed by atoms with Gasteiger partial charge in [-0.3, -0.25) is 14.3 Å². The van der Waals surface area contributed by atoms with Gasteiger partial charge in [-0.2, -0.15) is 5.10 Å². The quantitative estimate of drug-likeness (QED) is 0.813. The Morgan fingerprint density at radius 3 is 2.55 bits per heavy atom. The van der Waals surface area contributed by atoms with E-state index in [2.05, 4.69) is 10.4 Å². The van der Waals surface area contributed by atoms with E-state index in [0.717, 1.165) is 18.5 Å². The fraction of sp³-hybridized carbons (Fsp3) is 0.643. The summed E-state index contributed by atoms with van der Waals surface area (Å²) >= 11 is 0. The molecule has 0 aliphatic carbocycles. The first-order valence-corrected chi connectivity index (χ1v) is 7.05. The molecule has 0 aliphatic heterocycles. The summed E-state index contributed by atoms with van der Waals surface area (Å²) in [6.45, 7) is 7.13. The fourth-order valence-corrected chi connectivity index (χ4v) is 1.89. The van der Waals surface area contributed by atoms with Crippen LogP contribution in [-0.4, -0.2) is 46.1 Å². The lowest BCUT2D eigenvalue weighted by molar-refractivity contribution is -0.121. The Hall–Kier alpha value is -1.85. The molecular weight excluding hydrogens is 256 g/mol. The van der Waals surface area contributed by atoms with Crippen LogP contribution in [0.5, 0.6) is 0 Å². The van der Waals surface area contributed by atoms with Gasteiger partial charge in [-0.1, -0.05) is 13.8 Å². The lowest BCUT2D eigenvalue weighted by Crippen LogP contribution is -2.41. The minimum absolute atomic E-state index is 0.0982. The van der Waals surface area contributed by atoms with Gasteiger partial charge >= 0.3 is 0 Å². The first-order valence-electron chi connectivity index (χ1n) is 7.05. The van der Waals surface area contributed by atoms with Gasteiger partial charge in [0, 0.05) is 25.8 Å². The number of aromatic nitrogens is 2. The van der Waals surface area contributed by atoms with Crippen molar-refractivity contribution in [1.29, 1.82) is 0 Å². The van der Waals surface area contributed by atoms with E-state index in [1.165, 1.54) is 0 Å². The van der Waals surface area contributed by atoms with E-state index >= 15 is 0 Å². The highest BCUT2D eigenvalue weighted by molar-refractivity contribution is 5.97. The van der Waals surface area contributed by atoms with Crippen LogP contribution in [0.3, 0.4) is 0 Å². The van der Waals surface area contributed by atoms with E-state index < -0.39 is 0 Å². The Kier molecular flexibility index (Phi) is 6.21. The van der Waals surface area contributed by atoms with Gasteiger partial charge in [0.15, 0.2) is 0 Å². The zero-order chi connectivity index (χ0) is 15.1. The Labute approximate surface area is 120 Å². The van der Waals surface area contributed by atoms with E-state index in [1.807, 2.05) is 20.8 Å². The molecule has 1 N–H and O–H groups in total. The predicted octanol–water partition coefficient (Wildman–Crippen LogP) is 1.11. The van der Waals surface area contributed by atoms with Crippen molar-refractivity contribution in [3.8, 4) is 0 Å². The van der Waals surface area contributed by atoms with Crippen LogP contribution in [-0.2, 0) is 11.8 Å². The number of hydrogen-bond acceptors (Lipinski definition) is 3. The largest absolute Gasteiger partial charge is 0.355 e. The van der Waals surface area contributed by atoms with Crippen LogP contribution in [0.4, 0.5) is 0 Å². The summed E-state index contributed by atoms with van der Waals surface area (Å²) in [5, 5.41) is 6.87. The molecule has 1 aromatic rings. The van der Waals surface area contributed by atoms with E-state index in [4.69, 9.17) is 0 Å². The zero-order valence-corrected chi connectivity index (χ0v) is 12.8. The van der Waals surface area contributed by atoms with Crippen molar-refractivity contribution in [2.45, 2.75) is 33.6 Å². The molecular formula is C14H24N4O2. The average molecular weight is 280 g/mol. The highest BCUT2D eigenvalue weighted by Crippen LogP contribution is 2.10. The van der Waals surface area contributed by atoms with E-state index in [0.29, 0.717) is 18.7 Å². The van der Waals surface area contributed by atoms with Crippen LogP contribution in [0.2, 0.25) is 0 Å². The summed E-state index contributed by atoms with van der Waals surface area (Å²) in [5.74, 6) is -0.251. The van der Waals surface area contributed by atoms with Gasteiger partial charge in [-0.25, -0.2) is 0 Å².